The largest absolute Gasteiger partial charge is 0.493 e. The van der Waals surface area contributed by atoms with E-state index < -0.39 is 0 Å². The molecular weight excluding hydrogens is 399 g/mol. The molecule has 5 nitrogen and oxygen atoms in total. The minimum absolute atomic E-state index is 0. The standard InChI is InChI=1S/C21H31ClN2O3.ClH/c1-14(2)13-27-20-18(22)10-16(11-19(20)26-3)21(25)24-8-6-17(7-9-24)23-12-15-4-5-15;/h10-11,14-15,17,23H,4-9,12-13H2,1-3H3;1H. The number of likely N-dealkylation sites (tertiary alicyclic amines) is 1. The summed E-state index contributed by atoms with van der Waals surface area (Å²) in [7, 11) is 1.57. The summed E-state index contributed by atoms with van der Waals surface area (Å²) in [6, 6.07) is 3.96. The van der Waals surface area contributed by atoms with E-state index in [9.17, 15) is 4.79 Å². The second kappa shape index (κ2) is 10.6. The van der Waals surface area contributed by atoms with Gasteiger partial charge in [0, 0.05) is 24.7 Å². The van der Waals surface area contributed by atoms with Gasteiger partial charge < -0.3 is 19.7 Å². The first-order chi connectivity index (χ1) is 13.0. The number of halogens is 2. The monoisotopic (exact) mass is 430 g/mol. The number of nitrogens with one attached hydrogen (secondary N) is 1. The van der Waals surface area contributed by atoms with Gasteiger partial charge in [0.15, 0.2) is 11.5 Å². The summed E-state index contributed by atoms with van der Waals surface area (Å²) in [6.45, 7) is 7.36. The van der Waals surface area contributed by atoms with Crippen LogP contribution < -0.4 is 14.8 Å². The van der Waals surface area contributed by atoms with Gasteiger partial charge >= 0.3 is 0 Å². The molecule has 1 aliphatic carbocycles. The van der Waals surface area contributed by atoms with Gasteiger partial charge in [-0.25, -0.2) is 0 Å². The van der Waals surface area contributed by atoms with Crippen molar-refractivity contribution in [3.63, 3.8) is 0 Å². The topological polar surface area (TPSA) is 50.8 Å². The lowest BCUT2D eigenvalue weighted by Gasteiger charge is -2.32. The predicted molar refractivity (Wildman–Crippen MR) is 115 cm³/mol. The molecule has 0 unspecified atom stereocenters. The van der Waals surface area contributed by atoms with Crippen molar-refractivity contribution in [2.75, 3.05) is 33.4 Å². The first-order valence-corrected chi connectivity index (χ1v) is 10.4. The highest BCUT2D eigenvalue weighted by Crippen LogP contribution is 2.37. The third kappa shape index (κ3) is 6.16. The van der Waals surface area contributed by atoms with Crippen LogP contribution in [0.4, 0.5) is 0 Å². The number of benzene rings is 1. The van der Waals surface area contributed by atoms with E-state index in [-0.39, 0.29) is 18.3 Å². The lowest BCUT2D eigenvalue weighted by molar-refractivity contribution is 0.0704. The fourth-order valence-electron chi connectivity index (χ4n) is 3.36. The Labute approximate surface area is 179 Å². The molecule has 1 aromatic rings. The highest BCUT2D eigenvalue weighted by molar-refractivity contribution is 6.32. The molecule has 158 valence electrons. The molecule has 3 rings (SSSR count). The van der Waals surface area contributed by atoms with E-state index in [1.54, 1.807) is 19.2 Å². The van der Waals surface area contributed by atoms with E-state index >= 15 is 0 Å². The molecule has 1 aliphatic heterocycles. The average Bonchev–Trinajstić information content (AvgIpc) is 3.49. The molecule has 0 spiro atoms. The smallest absolute Gasteiger partial charge is 0.254 e. The van der Waals surface area contributed by atoms with Crippen molar-refractivity contribution < 1.29 is 14.3 Å². The maximum atomic E-state index is 12.9. The Balaban J connectivity index is 0.00000280. The number of carbonyl (C=O) groups is 1. The second-order valence-electron chi connectivity index (χ2n) is 8.11. The highest BCUT2D eigenvalue weighted by Gasteiger charge is 2.27. The molecule has 28 heavy (non-hydrogen) atoms. The van der Waals surface area contributed by atoms with E-state index in [1.165, 1.54) is 12.8 Å². The lowest BCUT2D eigenvalue weighted by atomic mass is 10.0. The molecule has 1 saturated heterocycles. The minimum Gasteiger partial charge on any atom is -0.493 e. The van der Waals surface area contributed by atoms with Gasteiger partial charge in [0.25, 0.3) is 5.91 Å². The number of nitrogens with zero attached hydrogens (tertiary/aromatic N) is 1. The number of hydrogen-bond donors (Lipinski definition) is 1. The van der Waals surface area contributed by atoms with E-state index in [0.717, 1.165) is 38.4 Å². The lowest BCUT2D eigenvalue weighted by Crippen LogP contribution is -2.45. The van der Waals surface area contributed by atoms with Gasteiger partial charge in [0.2, 0.25) is 0 Å². The summed E-state index contributed by atoms with van der Waals surface area (Å²) < 4.78 is 11.2. The van der Waals surface area contributed by atoms with Crippen LogP contribution in [0.3, 0.4) is 0 Å². The van der Waals surface area contributed by atoms with Crippen LogP contribution in [-0.4, -0.2) is 50.2 Å². The fourth-order valence-corrected chi connectivity index (χ4v) is 3.62. The number of rotatable bonds is 8. The van der Waals surface area contributed by atoms with Crippen LogP contribution in [0.1, 0.15) is 49.9 Å². The SMILES string of the molecule is COc1cc(C(=O)N2CCC(NCC3CC3)CC2)cc(Cl)c1OCC(C)C.Cl. The van der Waals surface area contributed by atoms with Crippen molar-refractivity contribution in [1.82, 2.24) is 10.2 Å². The predicted octanol–water partition coefficient (Wildman–Crippen LogP) is 4.41. The van der Waals surface area contributed by atoms with Gasteiger partial charge in [0.05, 0.1) is 18.7 Å². The van der Waals surface area contributed by atoms with Gasteiger partial charge in [-0.2, -0.15) is 0 Å². The third-order valence-corrected chi connectivity index (χ3v) is 5.49. The maximum absolute atomic E-state index is 12.9. The Morgan fingerprint density at radius 3 is 2.50 bits per heavy atom. The molecule has 2 fully saturated rings. The normalized spacial score (nSPS) is 17.4. The zero-order valence-corrected chi connectivity index (χ0v) is 18.6. The Morgan fingerprint density at radius 2 is 1.93 bits per heavy atom. The Bertz CT molecular complexity index is 657. The molecule has 0 bridgehead atoms. The molecule has 1 N–H and O–H groups in total. The van der Waals surface area contributed by atoms with Crippen LogP contribution in [-0.2, 0) is 0 Å². The van der Waals surface area contributed by atoms with Gasteiger partial charge in [-0.3, -0.25) is 4.79 Å². The molecule has 7 heteroatoms. The molecule has 0 radical (unpaired) electrons. The average molecular weight is 431 g/mol. The molecule has 1 saturated carbocycles. The van der Waals surface area contributed by atoms with Crippen LogP contribution in [0.15, 0.2) is 12.1 Å². The molecular formula is C21H32Cl2N2O3. The Hall–Kier alpha value is -1.17. The fraction of sp³-hybridized carbons (Fsp3) is 0.667. The van der Waals surface area contributed by atoms with Gasteiger partial charge in [-0.1, -0.05) is 25.4 Å². The number of amides is 1. The van der Waals surface area contributed by atoms with E-state index in [4.69, 9.17) is 21.1 Å². The highest BCUT2D eigenvalue weighted by atomic mass is 35.5. The van der Waals surface area contributed by atoms with Gasteiger partial charge in [0.1, 0.15) is 0 Å². The molecule has 1 heterocycles. The number of hydrogen-bond acceptors (Lipinski definition) is 4. The summed E-state index contributed by atoms with van der Waals surface area (Å²) >= 11 is 6.39. The van der Waals surface area contributed by atoms with E-state index in [0.29, 0.717) is 40.7 Å². The van der Waals surface area contributed by atoms with Crippen LogP contribution in [0.25, 0.3) is 0 Å². The number of methoxy groups -OCH3 is 1. The molecule has 1 aromatic carbocycles. The number of piperidine rings is 1. The zero-order valence-electron chi connectivity index (χ0n) is 17.0. The first kappa shape index (κ1) is 23.1. The summed E-state index contributed by atoms with van der Waals surface area (Å²) in [4.78, 5) is 14.8. The Morgan fingerprint density at radius 1 is 1.25 bits per heavy atom. The van der Waals surface area contributed by atoms with E-state index in [2.05, 4.69) is 19.2 Å². The van der Waals surface area contributed by atoms with Gasteiger partial charge in [-0.15, -0.1) is 12.4 Å². The summed E-state index contributed by atoms with van der Waals surface area (Å²) in [5.41, 5.74) is 0.554. The van der Waals surface area contributed by atoms with Crippen LogP contribution in [0.5, 0.6) is 11.5 Å². The van der Waals surface area contributed by atoms with Gasteiger partial charge in [-0.05, 0) is 56.2 Å². The van der Waals surface area contributed by atoms with Crippen LogP contribution >= 0.6 is 24.0 Å². The maximum Gasteiger partial charge on any atom is 0.254 e. The number of ether oxygens (including phenoxy) is 2. The Kier molecular flexibility index (Phi) is 8.72. The van der Waals surface area contributed by atoms with Crippen molar-refractivity contribution >= 4 is 29.9 Å². The van der Waals surface area contributed by atoms with Crippen LogP contribution in [0.2, 0.25) is 5.02 Å². The molecule has 0 atom stereocenters. The molecule has 0 aromatic heterocycles. The molecule has 1 amide bonds. The minimum atomic E-state index is 0. The first-order valence-electron chi connectivity index (χ1n) is 10.0. The van der Waals surface area contributed by atoms with Crippen molar-refractivity contribution in [2.24, 2.45) is 11.8 Å². The zero-order chi connectivity index (χ0) is 19.4. The van der Waals surface area contributed by atoms with E-state index in [1.807, 2.05) is 4.90 Å². The summed E-state index contributed by atoms with van der Waals surface area (Å²) in [5, 5.41) is 4.06. The quantitative estimate of drug-likeness (QED) is 0.663. The third-order valence-electron chi connectivity index (χ3n) is 5.21. The van der Waals surface area contributed by atoms with Crippen LogP contribution in [0, 0.1) is 11.8 Å². The van der Waals surface area contributed by atoms with Crippen molar-refractivity contribution in [3.8, 4) is 11.5 Å². The van der Waals surface area contributed by atoms with Crippen molar-refractivity contribution in [2.45, 2.75) is 45.6 Å². The summed E-state index contributed by atoms with van der Waals surface area (Å²) in [6.07, 6.45) is 4.73. The van der Waals surface area contributed by atoms with Crippen molar-refractivity contribution in [1.29, 1.82) is 0 Å². The second-order valence-corrected chi connectivity index (χ2v) is 8.52. The number of carbonyl (C=O) groups excluding carboxylic acids is 1. The van der Waals surface area contributed by atoms with Crippen molar-refractivity contribution in [3.05, 3.63) is 22.7 Å². The molecule has 2 aliphatic rings. The summed E-state index contributed by atoms with van der Waals surface area (Å²) in [5.74, 6) is 2.28.